The van der Waals surface area contributed by atoms with E-state index in [0.717, 1.165) is 48.9 Å². The lowest BCUT2D eigenvalue weighted by molar-refractivity contribution is 0.189. The Bertz CT molecular complexity index is 1070. The highest BCUT2D eigenvalue weighted by molar-refractivity contribution is 5.60. The van der Waals surface area contributed by atoms with Gasteiger partial charge in [-0.15, -0.1) is 5.10 Å². The van der Waals surface area contributed by atoms with Gasteiger partial charge in [0, 0.05) is 25.7 Å². The fourth-order valence-corrected chi connectivity index (χ4v) is 4.85. The Morgan fingerprint density at radius 1 is 1.15 bits per heavy atom. The standard InChI is InChI=1S/C25H37N7O/c1-5-7-18(4)33-25-29-22(26)24-28-16-21(32(24)30-25)14-20-13-17(3)23(27-15-20)31-11-9-19(8-6-2)10-12-31/h13,15-16,18-19H,5-12,14H2,1-4H3,(H2,26,29,30)/t18-/m1/s1. The van der Waals surface area contributed by atoms with E-state index in [4.69, 9.17) is 15.5 Å². The first-order valence-corrected chi connectivity index (χ1v) is 12.4. The Balaban J connectivity index is 1.50. The number of anilines is 2. The van der Waals surface area contributed by atoms with E-state index >= 15 is 0 Å². The predicted molar refractivity (Wildman–Crippen MR) is 132 cm³/mol. The van der Waals surface area contributed by atoms with Crippen molar-refractivity contribution in [1.29, 1.82) is 0 Å². The van der Waals surface area contributed by atoms with Crippen LogP contribution < -0.4 is 15.4 Å². The lowest BCUT2D eigenvalue weighted by Crippen LogP contribution is -2.34. The molecule has 0 saturated carbocycles. The number of nitrogens with zero attached hydrogens (tertiary/aromatic N) is 6. The van der Waals surface area contributed by atoms with E-state index in [1.54, 1.807) is 10.7 Å². The Kier molecular flexibility index (Phi) is 7.30. The molecular formula is C25H37N7O. The monoisotopic (exact) mass is 451 g/mol. The van der Waals surface area contributed by atoms with E-state index in [9.17, 15) is 0 Å². The summed E-state index contributed by atoms with van der Waals surface area (Å²) in [7, 11) is 0. The lowest BCUT2D eigenvalue weighted by atomic mass is 9.92. The lowest BCUT2D eigenvalue weighted by Gasteiger charge is -2.33. The third-order valence-corrected chi connectivity index (χ3v) is 6.54. The number of nitrogen functional groups attached to an aromatic ring is 1. The van der Waals surface area contributed by atoms with Gasteiger partial charge in [0.15, 0.2) is 11.5 Å². The van der Waals surface area contributed by atoms with E-state index in [1.165, 1.54) is 31.2 Å². The molecule has 1 atom stereocenters. The van der Waals surface area contributed by atoms with Crippen LogP contribution in [0.2, 0.25) is 0 Å². The van der Waals surface area contributed by atoms with Gasteiger partial charge in [-0.05, 0) is 50.2 Å². The molecule has 8 heteroatoms. The molecule has 0 aliphatic carbocycles. The molecule has 0 unspecified atom stereocenters. The summed E-state index contributed by atoms with van der Waals surface area (Å²) in [6, 6.07) is 2.52. The maximum Gasteiger partial charge on any atom is 0.336 e. The van der Waals surface area contributed by atoms with E-state index in [0.29, 0.717) is 17.9 Å². The molecule has 4 heterocycles. The summed E-state index contributed by atoms with van der Waals surface area (Å²) in [5.74, 6) is 2.30. The van der Waals surface area contributed by atoms with Gasteiger partial charge in [0.05, 0.1) is 18.0 Å². The summed E-state index contributed by atoms with van der Waals surface area (Å²) in [5, 5.41) is 4.56. The Labute approximate surface area is 196 Å². The summed E-state index contributed by atoms with van der Waals surface area (Å²) in [5.41, 5.74) is 9.95. The van der Waals surface area contributed by atoms with Crippen LogP contribution in [0.1, 0.15) is 76.1 Å². The molecule has 2 N–H and O–H groups in total. The van der Waals surface area contributed by atoms with Gasteiger partial charge < -0.3 is 15.4 Å². The molecule has 1 aliphatic rings. The minimum atomic E-state index is 0.0326. The molecule has 0 aromatic carbocycles. The van der Waals surface area contributed by atoms with Crippen molar-refractivity contribution in [2.75, 3.05) is 23.7 Å². The number of nitrogens with two attached hydrogens (primary N) is 1. The molecule has 33 heavy (non-hydrogen) atoms. The first-order chi connectivity index (χ1) is 16.0. The van der Waals surface area contributed by atoms with Gasteiger partial charge >= 0.3 is 6.01 Å². The van der Waals surface area contributed by atoms with Gasteiger partial charge in [0.1, 0.15) is 5.82 Å². The maximum absolute atomic E-state index is 6.14. The Morgan fingerprint density at radius 2 is 1.94 bits per heavy atom. The molecule has 0 bridgehead atoms. The number of piperidine rings is 1. The van der Waals surface area contributed by atoms with Crippen molar-refractivity contribution in [3.63, 3.8) is 0 Å². The van der Waals surface area contributed by atoms with Crippen molar-refractivity contribution in [1.82, 2.24) is 24.6 Å². The van der Waals surface area contributed by atoms with Crippen molar-refractivity contribution in [3.05, 3.63) is 35.3 Å². The second kappa shape index (κ2) is 10.4. The van der Waals surface area contributed by atoms with E-state index in [1.807, 2.05) is 13.1 Å². The average Bonchev–Trinajstić information content (AvgIpc) is 3.18. The van der Waals surface area contributed by atoms with E-state index < -0.39 is 0 Å². The topological polar surface area (TPSA) is 94.5 Å². The normalized spacial score (nSPS) is 15.8. The number of fused-ring (bicyclic) bond motifs is 1. The van der Waals surface area contributed by atoms with Crippen LogP contribution in [0.3, 0.4) is 0 Å². The quantitative estimate of drug-likeness (QED) is 0.508. The van der Waals surface area contributed by atoms with Crippen molar-refractivity contribution in [2.24, 2.45) is 5.92 Å². The van der Waals surface area contributed by atoms with Crippen LogP contribution in [0, 0.1) is 12.8 Å². The number of rotatable bonds is 9. The molecule has 0 spiro atoms. The highest BCUT2D eigenvalue weighted by Gasteiger charge is 2.21. The van der Waals surface area contributed by atoms with Crippen molar-refractivity contribution < 1.29 is 4.74 Å². The van der Waals surface area contributed by atoms with Crippen LogP contribution in [0.25, 0.3) is 5.65 Å². The summed E-state index contributed by atoms with van der Waals surface area (Å²) >= 11 is 0. The fraction of sp³-hybridized carbons (Fsp3) is 0.600. The van der Waals surface area contributed by atoms with Gasteiger partial charge in [-0.1, -0.05) is 39.2 Å². The van der Waals surface area contributed by atoms with Crippen molar-refractivity contribution in [2.45, 2.75) is 78.7 Å². The number of hydrogen-bond acceptors (Lipinski definition) is 7. The van der Waals surface area contributed by atoms with Crippen LogP contribution in [0.4, 0.5) is 11.6 Å². The highest BCUT2D eigenvalue weighted by atomic mass is 16.5. The van der Waals surface area contributed by atoms with Crippen molar-refractivity contribution in [3.8, 4) is 6.01 Å². The molecule has 1 aliphatic heterocycles. The molecular weight excluding hydrogens is 414 g/mol. The summed E-state index contributed by atoms with van der Waals surface area (Å²) < 4.78 is 7.62. The minimum absolute atomic E-state index is 0.0326. The largest absolute Gasteiger partial charge is 0.459 e. The zero-order valence-corrected chi connectivity index (χ0v) is 20.4. The van der Waals surface area contributed by atoms with Gasteiger partial charge in [-0.25, -0.2) is 14.5 Å². The van der Waals surface area contributed by atoms with Gasteiger partial charge in [-0.2, -0.15) is 4.98 Å². The highest BCUT2D eigenvalue weighted by Crippen LogP contribution is 2.27. The number of aryl methyl sites for hydroxylation is 1. The zero-order chi connectivity index (χ0) is 23.4. The van der Waals surface area contributed by atoms with Crippen LogP contribution in [0.5, 0.6) is 6.01 Å². The van der Waals surface area contributed by atoms with Crippen LogP contribution in [0.15, 0.2) is 18.5 Å². The maximum atomic E-state index is 6.14. The smallest absolute Gasteiger partial charge is 0.336 e. The van der Waals surface area contributed by atoms with E-state index in [-0.39, 0.29) is 12.1 Å². The SMILES string of the molecule is CCCC1CCN(c2ncc(Cc3cnc4c(N)nc(O[C@H](C)CCC)nn34)cc2C)CC1. The zero-order valence-electron chi connectivity index (χ0n) is 20.4. The van der Waals surface area contributed by atoms with Gasteiger partial charge in [-0.3, -0.25) is 0 Å². The summed E-state index contributed by atoms with van der Waals surface area (Å²) in [6.45, 7) is 10.8. The predicted octanol–water partition coefficient (Wildman–Crippen LogP) is 4.58. The van der Waals surface area contributed by atoms with E-state index in [2.05, 4.69) is 46.8 Å². The van der Waals surface area contributed by atoms with Crippen molar-refractivity contribution >= 4 is 17.3 Å². The first kappa shape index (κ1) is 23.3. The van der Waals surface area contributed by atoms with Gasteiger partial charge in [0.25, 0.3) is 0 Å². The molecule has 0 radical (unpaired) electrons. The average molecular weight is 452 g/mol. The first-order valence-electron chi connectivity index (χ1n) is 12.4. The molecule has 1 fully saturated rings. The Hall–Kier alpha value is -2.90. The number of imidazole rings is 1. The number of aromatic nitrogens is 5. The van der Waals surface area contributed by atoms with Crippen LogP contribution in [-0.2, 0) is 6.42 Å². The summed E-state index contributed by atoms with van der Waals surface area (Å²) in [4.78, 5) is 16.0. The fourth-order valence-electron chi connectivity index (χ4n) is 4.85. The molecule has 0 amide bonds. The molecule has 8 nitrogen and oxygen atoms in total. The molecule has 178 valence electrons. The Morgan fingerprint density at radius 3 is 2.64 bits per heavy atom. The molecule has 3 aromatic heterocycles. The van der Waals surface area contributed by atoms with Crippen LogP contribution >= 0.6 is 0 Å². The summed E-state index contributed by atoms with van der Waals surface area (Å²) in [6.07, 6.45) is 11.6. The second-order valence-electron chi connectivity index (χ2n) is 9.36. The molecule has 3 aromatic rings. The third kappa shape index (κ3) is 5.37. The molecule has 1 saturated heterocycles. The number of ether oxygens (including phenoxy) is 1. The number of hydrogen-bond donors (Lipinski definition) is 1. The number of pyridine rings is 1. The molecule has 4 rings (SSSR count). The van der Waals surface area contributed by atoms with Crippen LogP contribution in [-0.4, -0.2) is 43.8 Å². The second-order valence-corrected chi connectivity index (χ2v) is 9.36. The minimum Gasteiger partial charge on any atom is -0.459 e. The van der Waals surface area contributed by atoms with Gasteiger partial charge in [0.2, 0.25) is 0 Å². The third-order valence-electron chi connectivity index (χ3n) is 6.54.